The van der Waals surface area contributed by atoms with Crippen molar-refractivity contribution in [2.75, 3.05) is 29.1 Å². The first-order valence-electron chi connectivity index (χ1n) is 9.50. The van der Waals surface area contributed by atoms with Gasteiger partial charge in [0.05, 0.1) is 5.69 Å². The number of Topliss-reactive ketones (excluding diaryl/α,β-unsaturated/α-hetero) is 1. The lowest BCUT2D eigenvalue weighted by atomic mass is 10.1. The number of carbonyl (C=O) groups is 3. The Morgan fingerprint density at radius 2 is 1.87 bits per heavy atom. The molecule has 1 heterocycles. The van der Waals surface area contributed by atoms with Crippen molar-refractivity contribution in [3.63, 3.8) is 0 Å². The van der Waals surface area contributed by atoms with Gasteiger partial charge in [0.2, 0.25) is 5.91 Å². The van der Waals surface area contributed by atoms with Crippen molar-refractivity contribution in [3.05, 3.63) is 53.8 Å². The van der Waals surface area contributed by atoms with E-state index in [1.54, 1.807) is 6.92 Å². The number of rotatable bonds is 7. The monoisotopic (exact) mass is 448 g/mol. The quantitative estimate of drug-likeness (QED) is 0.651. The lowest BCUT2D eigenvalue weighted by Gasteiger charge is -2.28. The topological polar surface area (TPSA) is 110 Å². The number of hydrogen-bond donors (Lipinski definition) is 1. The molecule has 1 aliphatic heterocycles. The van der Waals surface area contributed by atoms with E-state index < -0.39 is 38.3 Å². The first kappa shape index (κ1) is 22.4. The SMILES string of the molecule is CCN1C(=O)COc2ccc(C(=O)C(C)S(=O)(=O)CC(=O)Nc3ccc(F)cc3)cc21. The number of hydrogen-bond acceptors (Lipinski definition) is 6. The molecule has 1 N–H and O–H groups in total. The van der Waals surface area contributed by atoms with Gasteiger partial charge in [-0.25, -0.2) is 12.8 Å². The Morgan fingerprint density at radius 3 is 2.52 bits per heavy atom. The highest BCUT2D eigenvalue weighted by Crippen LogP contribution is 2.33. The zero-order chi connectivity index (χ0) is 22.8. The van der Waals surface area contributed by atoms with E-state index in [0.717, 1.165) is 12.1 Å². The van der Waals surface area contributed by atoms with E-state index >= 15 is 0 Å². The van der Waals surface area contributed by atoms with Crippen molar-refractivity contribution >= 4 is 38.8 Å². The van der Waals surface area contributed by atoms with Crippen LogP contribution in [0.15, 0.2) is 42.5 Å². The van der Waals surface area contributed by atoms with Crippen LogP contribution >= 0.6 is 0 Å². The molecule has 2 amide bonds. The number of nitrogens with zero attached hydrogens (tertiary/aromatic N) is 1. The van der Waals surface area contributed by atoms with Gasteiger partial charge in [-0.15, -0.1) is 0 Å². The number of fused-ring (bicyclic) bond motifs is 1. The minimum absolute atomic E-state index is 0.0884. The number of sulfone groups is 1. The molecule has 1 aliphatic rings. The second-order valence-corrected chi connectivity index (χ2v) is 9.30. The van der Waals surface area contributed by atoms with Gasteiger partial charge in [-0.1, -0.05) is 0 Å². The van der Waals surface area contributed by atoms with Crippen molar-refractivity contribution in [2.24, 2.45) is 0 Å². The van der Waals surface area contributed by atoms with Crippen molar-refractivity contribution in [2.45, 2.75) is 19.1 Å². The van der Waals surface area contributed by atoms with Crippen LogP contribution in [0.3, 0.4) is 0 Å². The summed E-state index contributed by atoms with van der Waals surface area (Å²) in [5.74, 6) is -2.79. The molecular weight excluding hydrogens is 427 g/mol. The predicted molar refractivity (Wildman–Crippen MR) is 113 cm³/mol. The van der Waals surface area contributed by atoms with Crippen LogP contribution in [0.25, 0.3) is 0 Å². The molecule has 0 fully saturated rings. The molecule has 1 unspecified atom stereocenters. The number of benzene rings is 2. The minimum Gasteiger partial charge on any atom is -0.482 e. The third-order valence-electron chi connectivity index (χ3n) is 4.87. The summed E-state index contributed by atoms with van der Waals surface area (Å²) < 4.78 is 43.6. The molecule has 2 aromatic carbocycles. The smallest absolute Gasteiger partial charge is 0.265 e. The second kappa shape index (κ2) is 8.84. The molecule has 0 saturated heterocycles. The number of carbonyl (C=O) groups excluding carboxylic acids is 3. The summed E-state index contributed by atoms with van der Waals surface area (Å²) in [7, 11) is -4.13. The fourth-order valence-corrected chi connectivity index (χ4v) is 4.29. The van der Waals surface area contributed by atoms with Crippen LogP contribution in [0, 0.1) is 5.82 Å². The standard InChI is InChI=1S/C21H21FN2O6S/c1-3-24-17-10-14(4-9-18(17)30-11-20(24)26)21(27)13(2)31(28,29)12-19(25)23-16-7-5-15(22)6-8-16/h4-10,13H,3,11-12H2,1-2H3,(H,23,25). The van der Waals surface area contributed by atoms with Gasteiger partial charge >= 0.3 is 0 Å². The summed E-state index contributed by atoms with van der Waals surface area (Å²) in [5.41, 5.74) is 0.716. The Hall–Kier alpha value is -3.27. The van der Waals surface area contributed by atoms with Crippen LogP contribution in [-0.2, 0) is 19.4 Å². The molecular formula is C21H21FN2O6S. The minimum atomic E-state index is -4.13. The van der Waals surface area contributed by atoms with Crippen molar-refractivity contribution < 1.29 is 31.9 Å². The summed E-state index contributed by atoms with van der Waals surface area (Å²) in [5, 5.41) is 0.875. The summed E-state index contributed by atoms with van der Waals surface area (Å²) >= 11 is 0. The molecule has 0 bridgehead atoms. The first-order chi connectivity index (χ1) is 14.6. The maximum absolute atomic E-state index is 12.9. The Balaban J connectivity index is 1.75. The van der Waals surface area contributed by atoms with Crippen molar-refractivity contribution in [1.29, 1.82) is 0 Å². The molecule has 31 heavy (non-hydrogen) atoms. The van der Waals surface area contributed by atoms with E-state index in [1.165, 1.54) is 42.2 Å². The molecule has 0 spiro atoms. The van der Waals surface area contributed by atoms with E-state index in [-0.39, 0.29) is 23.8 Å². The summed E-state index contributed by atoms with van der Waals surface area (Å²) in [6, 6.07) is 9.20. The van der Waals surface area contributed by atoms with Crippen LogP contribution in [0.4, 0.5) is 15.8 Å². The first-order valence-corrected chi connectivity index (χ1v) is 11.2. The third kappa shape index (κ3) is 4.91. The molecule has 164 valence electrons. The average Bonchev–Trinajstić information content (AvgIpc) is 2.73. The highest BCUT2D eigenvalue weighted by atomic mass is 32.2. The lowest BCUT2D eigenvalue weighted by Crippen LogP contribution is -2.39. The largest absolute Gasteiger partial charge is 0.482 e. The van der Waals surface area contributed by atoms with E-state index in [1.807, 2.05) is 0 Å². The molecule has 2 aromatic rings. The average molecular weight is 448 g/mol. The third-order valence-corrected chi connectivity index (χ3v) is 6.83. The van der Waals surface area contributed by atoms with Gasteiger partial charge in [0.15, 0.2) is 22.2 Å². The lowest BCUT2D eigenvalue weighted by molar-refractivity contribution is -0.121. The zero-order valence-electron chi connectivity index (χ0n) is 16.9. The van der Waals surface area contributed by atoms with E-state index in [2.05, 4.69) is 5.32 Å². The molecule has 1 atom stereocenters. The Labute approximate surface area is 178 Å². The number of likely N-dealkylation sites (N-methyl/N-ethyl adjacent to an activating group) is 1. The maximum Gasteiger partial charge on any atom is 0.265 e. The van der Waals surface area contributed by atoms with Gasteiger partial charge in [0.25, 0.3) is 5.91 Å². The molecule has 0 aromatic heterocycles. The molecule has 3 rings (SSSR count). The van der Waals surface area contributed by atoms with Crippen LogP contribution < -0.4 is 15.0 Å². The van der Waals surface area contributed by atoms with Crippen LogP contribution in [0.2, 0.25) is 0 Å². The van der Waals surface area contributed by atoms with Crippen molar-refractivity contribution in [1.82, 2.24) is 0 Å². The number of nitrogens with one attached hydrogen (secondary N) is 1. The normalized spacial score (nSPS) is 14.4. The number of anilines is 2. The number of ketones is 1. The van der Waals surface area contributed by atoms with Gasteiger partial charge in [-0.3, -0.25) is 14.4 Å². The summed E-state index contributed by atoms with van der Waals surface area (Å²) in [4.78, 5) is 38.4. The van der Waals surface area contributed by atoms with Gasteiger partial charge in [-0.05, 0) is 56.3 Å². The summed E-state index contributed by atoms with van der Waals surface area (Å²) in [6.07, 6.45) is 0. The molecule has 0 saturated carbocycles. The Bertz CT molecular complexity index is 1130. The number of ether oxygens (including phenoxy) is 1. The van der Waals surface area contributed by atoms with E-state index in [0.29, 0.717) is 18.0 Å². The molecule has 10 heteroatoms. The zero-order valence-corrected chi connectivity index (χ0v) is 17.7. The second-order valence-electron chi connectivity index (χ2n) is 6.98. The van der Waals surface area contributed by atoms with Gasteiger partial charge in [-0.2, -0.15) is 0 Å². The number of halogens is 1. The highest BCUT2D eigenvalue weighted by molar-refractivity contribution is 7.93. The maximum atomic E-state index is 12.9. The highest BCUT2D eigenvalue weighted by Gasteiger charge is 2.32. The van der Waals surface area contributed by atoms with Crippen LogP contribution in [-0.4, -0.2) is 50.2 Å². The number of amides is 2. The van der Waals surface area contributed by atoms with Gasteiger partial charge in [0.1, 0.15) is 22.6 Å². The van der Waals surface area contributed by atoms with Gasteiger partial charge in [0, 0.05) is 17.8 Å². The van der Waals surface area contributed by atoms with Crippen LogP contribution in [0.5, 0.6) is 5.75 Å². The van der Waals surface area contributed by atoms with Crippen molar-refractivity contribution in [3.8, 4) is 5.75 Å². The fraction of sp³-hybridized carbons (Fsp3) is 0.286. The van der Waals surface area contributed by atoms with Crippen LogP contribution in [0.1, 0.15) is 24.2 Å². The predicted octanol–water partition coefficient (Wildman–Crippen LogP) is 2.20. The molecule has 0 aliphatic carbocycles. The Kier molecular flexibility index (Phi) is 6.40. The van der Waals surface area contributed by atoms with Gasteiger partial charge < -0.3 is 15.0 Å². The molecule has 0 radical (unpaired) electrons. The van der Waals surface area contributed by atoms with E-state index in [9.17, 15) is 27.2 Å². The van der Waals surface area contributed by atoms with E-state index in [4.69, 9.17) is 4.74 Å². The molecule has 8 nitrogen and oxygen atoms in total. The fourth-order valence-electron chi connectivity index (χ4n) is 3.14. The summed E-state index contributed by atoms with van der Waals surface area (Å²) in [6.45, 7) is 3.24. The Morgan fingerprint density at radius 1 is 1.19 bits per heavy atom.